The predicted molar refractivity (Wildman–Crippen MR) is 96.0 cm³/mol. The van der Waals surface area contributed by atoms with E-state index in [1.807, 2.05) is 36.4 Å². The molecule has 3 rings (SSSR count). The molecule has 1 N–H and O–H groups in total. The van der Waals surface area contributed by atoms with Gasteiger partial charge in [0.25, 0.3) is 0 Å². The highest BCUT2D eigenvalue weighted by molar-refractivity contribution is 6.30. The highest BCUT2D eigenvalue weighted by atomic mass is 35.5. The van der Waals surface area contributed by atoms with E-state index in [1.165, 1.54) is 6.21 Å². The number of hydrogen-bond donors (Lipinski definition) is 1. The minimum atomic E-state index is -0.441. The topological polar surface area (TPSA) is 63.8 Å². The van der Waals surface area contributed by atoms with Gasteiger partial charge in [0.05, 0.1) is 6.21 Å². The summed E-state index contributed by atoms with van der Waals surface area (Å²) in [6.07, 6.45) is 1.51. The zero-order valence-corrected chi connectivity index (χ0v) is 13.9. The zero-order chi connectivity index (χ0) is 17.5. The molecule has 1 heterocycles. The van der Waals surface area contributed by atoms with Crippen LogP contribution in [0.2, 0.25) is 5.02 Å². The van der Waals surface area contributed by atoms with Crippen LogP contribution in [-0.4, -0.2) is 12.1 Å². The van der Waals surface area contributed by atoms with Gasteiger partial charge in [-0.2, -0.15) is 5.10 Å². The quantitative estimate of drug-likeness (QED) is 0.531. The van der Waals surface area contributed by atoms with Crippen molar-refractivity contribution < 1.29 is 13.9 Å². The summed E-state index contributed by atoms with van der Waals surface area (Å²) >= 11 is 5.88. The molecule has 6 heteroatoms. The summed E-state index contributed by atoms with van der Waals surface area (Å²) in [5.74, 6) is 1.00. The van der Waals surface area contributed by atoms with E-state index < -0.39 is 5.91 Å². The monoisotopic (exact) mass is 354 g/mol. The highest BCUT2D eigenvalue weighted by Crippen LogP contribution is 2.14. The van der Waals surface area contributed by atoms with Gasteiger partial charge in [-0.05, 0) is 42.0 Å². The molecule has 0 saturated carbocycles. The minimum absolute atomic E-state index is 0.162. The van der Waals surface area contributed by atoms with Crippen LogP contribution in [0.1, 0.15) is 21.9 Å². The van der Waals surface area contributed by atoms with Crippen LogP contribution in [0.3, 0.4) is 0 Å². The van der Waals surface area contributed by atoms with Gasteiger partial charge in [0.15, 0.2) is 5.76 Å². The standard InChI is InChI=1S/C19H15ClN2O3/c20-15-6-4-5-14(11-15)12-21-22-19(23)18-10-9-17(25-18)13-24-16-7-2-1-3-8-16/h1-12H,13H2,(H,22,23)/b21-12-. The Morgan fingerprint density at radius 1 is 1.12 bits per heavy atom. The average molecular weight is 355 g/mol. The van der Waals surface area contributed by atoms with Crippen molar-refractivity contribution in [2.45, 2.75) is 6.61 Å². The van der Waals surface area contributed by atoms with Crippen molar-refractivity contribution >= 4 is 23.7 Å². The molecule has 0 aliphatic rings. The normalized spacial score (nSPS) is 10.8. The van der Waals surface area contributed by atoms with E-state index in [2.05, 4.69) is 10.5 Å². The number of furan rings is 1. The summed E-state index contributed by atoms with van der Waals surface area (Å²) in [7, 11) is 0. The van der Waals surface area contributed by atoms with Crippen LogP contribution in [0.4, 0.5) is 0 Å². The number of ether oxygens (including phenoxy) is 1. The zero-order valence-electron chi connectivity index (χ0n) is 13.2. The molecule has 0 atom stereocenters. The molecular formula is C19H15ClN2O3. The average Bonchev–Trinajstić information content (AvgIpc) is 3.10. The van der Waals surface area contributed by atoms with E-state index in [4.69, 9.17) is 20.8 Å². The Labute approximate surface area is 149 Å². The first-order valence-corrected chi connectivity index (χ1v) is 7.94. The fourth-order valence-corrected chi connectivity index (χ4v) is 2.25. The molecule has 126 valence electrons. The molecule has 0 spiro atoms. The maximum absolute atomic E-state index is 12.0. The molecule has 0 saturated heterocycles. The van der Waals surface area contributed by atoms with E-state index in [-0.39, 0.29) is 12.4 Å². The fraction of sp³-hybridized carbons (Fsp3) is 0.0526. The van der Waals surface area contributed by atoms with Crippen molar-refractivity contribution in [2.75, 3.05) is 0 Å². The second-order valence-corrected chi connectivity index (χ2v) is 5.56. The molecule has 1 aromatic heterocycles. The number of hydrazone groups is 1. The lowest BCUT2D eigenvalue weighted by atomic mass is 10.2. The van der Waals surface area contributed by atoms with Gasteiger partial charge in [-0.15, -0.1) is 0 Å². The lowest BCUT2D eigenvalue weighted by Gasteiger charge is -2.03. The number of hydrogen-bond acceptors (Lipinski definition) is 4. The molecule has 0 aliphatic heterocycles. The number of halogens is 1. The molecule has 0 bridgehead atoms. The minimum Gasteiger partial charge on any atom is -0.486 e. The second kappa shape index (κ2) is 8.17. The number of para-hydroxylation sites is 1. The number of carbonyl (C=O) groups is 1. The third kappa shape index (κ3) is 4.96. The number of amides is 1. The number of carbonyl (C=O) groups excluding carboxylic acids is 1. The van der Waals surface area contributed by atoms with E-state index in [0.717, 1.165) is 11.3 Å². The molecule has 1 amide bonds. The van der Waals surface area contributed by atoms with Crippen LogP contribution in [0.15, 0.2) is 76.2 Å². The fourth-order valence-electron chi connectivity index (χ4n) is 2.06. The smallest absolute Gasteiger partial charge is 0.307 e. The molecule has 0 radical (unpaired) electrons. The molecule has 25 heavy (non-hydrogen) atoms. The van der Waals surface area contributed by atoms with E-state index in [9.17, 15) is 4.79 Å². The Morgan fingerprint density at radius 2 is 1.96 bits per heavy atom. The summed E-state index contributed by atoms with van der Waals surface area (Å²) in [5, 5.41) is 4.49. The van der Waals surface area contributed by atoms with Crippen LogP contribution in [0, 0.1) is 0 Å². The van der Waals surface area contributed by atoms with E-state index in [0.29, 0.717) is 10.8 Å². The predicted octanol–water partition coefficient (Wildman–Crippen LogP) is 4.28. The molecular weight excluding hydrogens is 340 g/mol. The summed E-state index contributed by atoms with van der Waals surface area (Å²) in [6.45, 7) is 0.239. The number of rotatable bonds is 6. The lowest BCUT2D eigenvalue weighted by Crippen LogP contribution is -2.16. The maximum Gasteiger partial charge on any atom is 0.307 e. The summed E-state index contributed by atoms with van der Waals surface area (Å²) in [5.41, 5.74) is 3.19. The Balaban J connectivity index is 1.53. The number of nitrogens with zero attached hydrogens (tertiary/aromatic N) is 1. The van der Waals surface area contributed by atoms with Gasteiger partial charge in [0.1, 0.15) is 18.1 Å². The molecule has 0 fully saturated rings. The number of nitrogens with one attached hydrogen (secondary N) is 1. The third-order valence-electron chi connectivity index (χ3n) is 3.24. The highest BCUT2D eigenvalue weighted by Gasteiger charge is 2.10. The van der Waals surface area contributed by atoms with Crippen LogP contribution in [0.25, 0.3) is 0 Å². The largest absolute Gasteiger partial charge is 0.486 e. The van der Waals surface area contributed by atoms with Crippen molar-refractivity contribution in [3.8, 4) is 5.75 Å². The third-order valence-corrected chi connectivity index (χ3v) is 3.47. The first-order valence-electron chi connectivity index (χ1n) is 7.56. The van der Waals surface area contributed by atoms with Crippen LogP contribution >= 0.6 is 11.6 Å². The van der Waals surface area contributed by atoms with E-state index in [1.54, 1.807) is 30.3 Å². The van der Waals surface area contributed by atoms with Crippen molar-refractivity contribution in [2.24, 2.45) is 5.10 Å². The van der Waals surface area contributed by atoms with Crippen molar-refractivity contribution in [1.82, 2.24) is 5.43 Å². The van der Waals surface area contributed by atoms with Gasteiger partial charge in [-0.3, -0.25) is 4.79 Å². The number of benzene rings is 2. The SMILES string of the molecule is O=C(N/N=C\c1cccc(Cl)c1)c1ccc(COc2ccccc2)o1. The molecule has 0 aliphatic carbocycles. The van der Waals surface area contributed by atoms with Gasteiger partial charge in [-0.25, -0.2) is 5.43 Å². The van der Waals surface area contributed by atoms with Crippen molar-refractivity contribution in [3.63, 3.8) is 0 Å². The molecule has 2 aromatic carbocycles. The first kappa shape index (κ1) is 16.8. The Hall–Kier alpha value is -3.05. The summed E-state index contributed by atoms with van der Waals surface area (Å²) in [4.78, 5) is 12.0. The van der Waals surface area contributed by atoms with Crippen LogP contribution in [0.5, 0.6) is 5.75 Å². The van der Waals surface area contributed by atoms with Crippen molar-refractivity contribution in [1.29, 1.82) is 0 Å². The first-order chi connectivity index (χ1) is 12.2. The van der Waals surface area contributed by atoms with Crippen molar-refractivity contribution in [3.05, 3.63) is 88.8 Å². The van der Waals surface area contributed by atoms with Gasteiger partial charge in [0, 0.05) is 5.02 Å². The maximum atomic E-state index is 12.0. The summed E-state index contributed by atoms with van der Waals surface area (Å²) in [6, 6.07) is 19.8. The van der Waals surface area contributed by atoms with Gasteiger partial charge in [0.2, 0.25) is 0 Å². The molecule has 0 unspecified atom stereocenters. The second-order valence-electron chi connectivity index (χ2n) is 5.12. The Bertz CT molecular complexity index is 875. The van der Waals surface area contributed by atoms with E-state index >= 15 is 0 Å². The lowest BCUT2D eigenvalue weighted by molar-refractivity contribution is 0.0923. The Morgan fingerprint density at radius 3 is 2.76 bits per heavy atom. The van der Waals surface area contributed by atoms with Gasteiger partial charge < -0.3 is 9.15 Å². The molecule has 5 nitrogen and oxygen atoms in total. The molecule has 3 aromatic rings. The summed E-state index contributed by atoms with van der Waals surface area (Å²) < 4.78 is 11.0. The Kier molecular flexibility index (Phi) is 5.49. The van der Waals surface area contributed by atoms with Crippen LogP contribution < -0.4 is 10.2 Å². The van der Waals surface area contributed by atoms with Crippen LogP contribution in [-0.2, 0) is 6.61 Å². The van der Waals surface area contributed by atoms with Gasteiger partial charge >= 0.3 is 5.91 Å². The van der Waals surface area contributed by atoms with Gasteiger partial charge in [-0.1, -0.05) is 41.9 Å².